The van der Waals surface area contributed by atoms with Crippen molar-refractivity contribution in [3.63, 3.8) is 0 Å². The first-order valence-electron chi connectivity index (χ1n) is 5.69. The third kappa shape index (κ3) is 5.02. The van der Waals surface area contributed by atoms with Crippen molar-refractivity contribution in [2.45, 2.75) is 32.7 Å². The number of hydrogen-bond donors (Lipinski definition) is 1. The van der Waals surface area contributed by atoms with E-state index < -0.39 is 0 Å². The number of nitrogens with zero attached hydrogens (tertiary/aromatic N) is 2. The van der Waals surface area contributed by atoms with Gasteiger partial charge in [-0.15, -0.1) is 0 Å². The van der Waals surface area contributed by atoms with Crippen molar-refractivity contribution >= 4 is 6.03 Å². The van der Waals surface area contributed by atoms with Crippen LogP contribution in [0.4, 0.5) is 4.79 Å². The minimum absolute atomic E-state index is 0.0868. The average Bonchev–Trinajstić information content (AvgIpc) is 2.69. The van der Waals surface area contributed by atoms with Gasteiger partial charge in [0.15, 0.2) is 0 Å². The van der Waals surface area contributed by atoms with Crippen molar-refractivity contribution in [2.75, 3.05) is 34.2 Å². The predicted octanol–water partition coefficient (Wildman–Crippen LogP) is 1.38. The molecule has 1 aliphatic rings. The van der Waals surface area contributed by atoms with Crippen molar-refractivity contribution in [1.29, 1.82) is 0 Å². The zero-order valence-electron chi connectivity index (χ0n) is 10.7. The zero-order valence-corrected chi connectivity index (χ0v) is 10.7. The Bertz CT molecular complexity index is 177. The third-order valence-corrected chi connectivity index (χ3v) is 2.27. The Hall–Kier alpha value is -0.770. The van der Waals surface area contributed by atoms with Gasteiger partial charge in [0, 0.05) is 33.7 Å². The van der Waals surface area contributed by atoms with Crippen molar-refractivity contribution < 1.29 is 4.79 Å². The predicted molar refractivity (Wildman–Crippen MR) is 64.1 cm³/mol. The molecular formula is C11H25N3O. The summed E-state index contributed by atoms with van der Waals surface area (Å²) in [6, 6.07) is 0.462. The lowest BCUT2D eigenvalue weighted by atomic mass is 10.2. The molecule has 0 aromatic carbocycles. The van der Waals surface area contributed by atoms with Crippen LogP contribution in [0.1, 0.15) is 26.7 Å². The summed E-state index contributed by atoms with van der Waals surface area (Å²) < 4.78 is 0. The molecule has 0 aliphatic carbocycles. The minimum atomic E-state index is 0.0868. The molecule has 1 rings (SSSR count). The molecule has 1 atom stereocenters. The molecule has 0 aromatic rings. The van der Waals surface area contributed by atoms with E-state index in [2.05, 4.69) is 19.2 Å². The summed E-state index contributed by atoms with van der Waals surface area (Å²) in [7, 11) is 5.42. The maximum absolute atomic E-state index is 11.5. The average molecular weight is 215 g/mol. The second-order valence-corrected chi connectivity index (χ2v) is 4.14. The Morgan fingerprint density at radius 3 is 2.20 bits per heavy atom. The van der Waals surface area contributed by atoms with Crippen molar-refractivity contribution in [2.24, 2.45) is 0 Å². The summed E-state index contributed by atoms with van der Waals surface area (Å²) in [5.74, 6) is 0. The van der Waals surface area contributed by atoms with E-state index in [9.17, 15) is 4.79 Å². The van der Waals surface area contributed by atoms with Crippen molar-refractivity contribution in [3.8, 4) is 0 Å². The molecule has 0 saturated carbocycles. The number of amides is 2. The Morgan fingerprint density at radius 1 is 1.33 bits per heavy atom. The highest BCUT2D eigenvalue weighted by Gasteiger charge is 2.23. The van der Waals surface area contributed by atoms with Crippen LogP contribution in [-0.4, -0.2) is 56.1 Å². The molecule has 90 valence electrons. The quantitative estimate of drug-likeness (QED) is 0.717. The molecule has 1 N–H and O–H groups in total. The van der Waals surface area contributed by atoms with E-state index in [1.165, 1.54) is 6.42 Å². The lowest BCUT2D eigenvalue weighted by Crippen LogP contribution is -2.43. The highest BCUT2D eigenvalue weighted by Crippen LogP contribution is 2.07. The first kappa shape index (κ1) is 14.2. The van der Waals surface area contributed by atoms with Gasteiger partial charge in [0.05, 0.1) is 0 Å². The van der Waals surface area contributed by atoms with Gasteiger partial charge in [-0.2, -0.15) is 0 Å². The molecular weight excluding hydrogens is 190 g/mol. The summed E-state index contributed by atoms with van der Waals surface area (Å²) in [5, 5.41) is 3.23. The van der Waals surface area contributed by atoms with Crippen LogP contribution in [0, 0.1) is 0 Å². The van der Waals surface area contributed by atoms with E-state index in [0.29, 0.717) is 6.04 Å². The lowest BCUT2D eigenvalue weighted by molar-refractivity contribution is 0.167. The molecule has 1 unspecified atom stereocenters. The van der Waals surface area contributed by atoms with Crippen LogP contribution in [0.5, 0.6) is 0 Å². The maximum atomic E-state index is 11.5. The smallest absolute Gasteiger partial charge is 0.319 e. The molecule has 0 spiro atoms. The molecule has 0 bridgehead atoms. The van der Waals surface area contributed by atoms with E-state index in [0.717, 1.165) is 19.5 Å². The zero-order chi connectivity index (χ0) is 11.8. The van der Waals surface area contributed by atoms with Crippen LogP contribution in [0.15, 0.2) is 0 Å². The number of likely N-dealkylation sites (N-methyl/N-ethyl adjacent to an activating group) is 1. The number of rotatable bonds is 1. The first-order chi connectivity index (χ1) is 7.04. The van der Waals surface area contributed by atoms with Gasteiger partial charge in [-0.1, -0.05) is 20.3 Å². The Morgan fingerprint density at radius 2 is 1.87 bits per heavy atom. The van der Waals surface area contributed by atoms with Gasteiger partial charge in [-0.25, -0.2) is 4.79 Å². The number of nitrogens with one attached hydrogen (secondary N) is 1. The summed E-state index contributed by atoms with van der Waals surface area (Å²) in [4.78, 5) is 14.9. The van der Waals surface area contributed by atoms with Gasteiger partial charge in [-0.05, 0) is 13.0 Å². The second kappa shape index (κ2) is 7.51. The largest absolute Gasteiger partial charge is 0.331 e. The number of urea groups is 1. The standard InChI is InChI=1S/C8H17N3O.C3H8/c1-10(2)8(12)11(3)7-4-5-9-6-7;1-3-2/h7,9H,4-6H2,1-3H3;3H2,1-2H3. The molecule has 4 heteroatoms. The second-order valence-electron chi connectivity index (χ2n) is 4.14. The molecule has 1 heterocycles. The Balaban J connectivity index is 0.000000583. The maximum Gasteiger partial charge on any atom is 0.319 e. The Kier molecular flexibility index (Phi) is 7.13. The molecule has 2 amide bonds. The van der Waals surface area contributed by atoms with E-state index in [1.807, 2.05) is 7.05 Å². The molecule has 1 saturated heterocycles. The van der Waals surface area contributed by atoms with E-state index in [-0.39, 0.29) is 6.03 Å². The molecule has 0 aromatic heterocycles. The normalized spacial score (nSPS) is 19.1. The lowest BCUT2D eigenvalue weighted by Gasteiger charge is -2.26. The van der Waals surface area contributed by atoms with Gasteiger partial charge < -0.3 is 15.1 Å². The Labute approximate surface area is 93.6 Å². The van der Waals surface area contributed by atoms with Crippen LogP contribution in [-0.2, 0) is 0 Å². The van der Waals surface area contributed by atoms with Crippen LogP contribution in [0.3, 0.4) is 0 Å². The molecule has 0 radical (unpaired) electrons. The van der Waals surface area contributed by atoms with Gasteiger partial charge in [0.2, 0.25) is 0 Å². The monoisotopic (exact) mass is 215 g/mol. The topological polar surface area (TPSA) is 35.6 Å². The number of carbonyl (C=O) groups is 1. The highest BCUT2D eigenvalue weighted by atomic mass is 16.2. The molecule has 4 nitrogen and oxygen atoms in total. The number of hydrogen-bond acceptors (Lipinski definition) is 2. The van der Waals surface area contributed by atoms with Gasteiger partial charge in [0.1, 0.15) is 0 Å². The minimum Gasteiger partial charge on any atom is -0.331 e. The van der Waals surface area contributed by atoms with Crippen molar-refractivity contribution in [1.82, 2.24) is 15.1 Å². The van der Waals surface area contributed by atoms with Crippen LogP contribution < -0.4 is 5.32 Å². The molecule has 15 heavy (non-hydrogen) atoms. The fraction of sp³-hybridized carbons (Fsp3) is 0.909. The molecule has 1 aliphatic heterocycles. The van der Waals surface area contributed by atoms with Crippen molar-refractivity contribution in [3.05, 3.63) is 0 Å². The summed E-state index contributed by atoms with van der Waals surface area (Å²) >= 11 is 0. The SMILES string of the molecule is CCC.CN(C)C(=O)N(C)C1CCNC1. The summed E-state index contributed by atoms with van der Waals surface area (Å²) in [6.07, 6.45) is 2.32. The summed E-state index contributed by atoms with van der Waals surface area (Å²) in [5.41, 5.74) is 0. The van der Waals surface area contributed by atoms with Crippen LogP contribution in [0.2, 0.25) is 0 Å². The fourth-order valence-corrected chi connectivity index (χ4v) is 1.44. The fourth-order valence-electron chi connectivity index (χ4n) is 1.44. The van der Waals surface area contributed by atoms with Crippen LogP contribution in [0.25, 0.3) is 0 Å². The van der Waals surface area contributed by atoms with E-state index in [4.69, 9.17) is 0 Å². The van der Waals surface area contributed by atoms with Gasteiger partial charge >= 0.3 is 6.03 Å². The van der Waals surface area contributed by atoms with E-state index in [1.54, 1.807) is 23.9 Å². The summed E-state index contributed by atoms with van der Waals surface area (Å²) in [6.45, 7) is 6.20. The first-order valence-corrected chi connectivity index (χ1v) is 5.69. The van der Waals surface area contributed by atoms with Crippen LogP contribution >= 0.6 is 0 Å². The third-order valence-electron chi connectivity index (χ3n) is 2.27. The number of carbonyl (C=O) groups excluding carboxylic acids is 1. The molecule has 1 fully saturated rings. The highest BCUT2D eigenvalue weighted by molar-refractivity contribution is 5.73. The van der Waals surface area contributed by atoms with E-state index >= 15 is 0 Å². The van der Waals surface area contributed by atoms with Gasteiger partial charge in [0.25, 0.3) is 0 Å². The van der Waals surface area contributed by atoms with Gasteiger partial charge in [-0.3, -0.25) is 0 Å².